The summed E-state index contributed by atoms with van der Waals surface area (Å²) in [6.45, 7) is 1.33. The van der Waals surface area contributed by atoms with Gasteiger partial charge in [-0.3, -0.25) is 0 Å². The average molecular weight is 227 g/mol. The van der Waals surface area contributed by atoms with Crippen LogP contribution in [0.1, 0.15) is 12.0 Å². The molecule has 2 rings (SSSR count). The summed E-state index contributed by atoms with van der Waals surface area (Å²) in [7, 11) is 1.72. The van der Waals surface area contributed by atoms with E-state index in [9.17, 15) is 9.50 Å². The maximum absolute atomic E-state index is 13.4. The van der Waals surface area contributed by atoms with E-state index in [2.05, 4.69) is 5.32 Å². The highest BCUT2D eigenvalue weighted by atomic mass is 19.1. The molecule has 0 atom stereocenters. The molecular formula is C11H14FNO3. The lowest BCUT2D eigenvalue weighted by molar-refractivity contribution is 0.295. The normalized spacial score (nSPS) is 14.6. The van der Waals surface area contributed by atoms with Crippen molar-refractivity contribution in [3.05, 3.63) is 17.4 Å². The zero-order chi connectivity index (χ0) is 11.5. The van der Waals surface area contributed by atoms with Gasteiger partial charge in [0.1, 0.15) is 0 Å². The van der Waals surface area contributed by atoms with Gasteiger partial charge >= 0.3 is 0 Å². The Kier molecular flexibility index (Phi) is 3.14. The Morgan fingerprint density at radius 2 is 2.19 bits per heavy atom. The Bertz CT molecular complexity index is 395. The van der Waals surface area contributed by atoms with E-state index >= 15 is 0 Å². The number of benzene rings is 1. The molecular weight excluding hydrogens is 213 g/mol. The molecule has 0 unspecified atom stereocenters. The molecule has 5 heteroatoms. The number of aromatic hydroxyl groups is 1. The predicted octanol–water partition coefficient (Wildman–Crippen LogP) is 1.41. The summed E-state index contributed by atoms with van der Waals surface area (Å²) in [4.78, 5) is 0. The van der Waals surface area contributed by atoms with Gasteiger partial charge in [0.2, 0.25) is 0 Å². The Morgan fingerprint density at radius 1 is 1.44 bits per heavy atom. The molecule has 1 aliphatic heterocycles. The van der Waals surface area contributed by atoms with Gasteiger partial charge in [-0.15, -0.1) is 0 Å². The number of phenols is 1. The Labute approximate surface area is 93.0 Å². The van der Waals surface area contributed by atoms with Crippen molar-refractivity contribution in [3.63, 3.8) is 0 Å². The van der Waals surface area contributed by atoms with E-state index in [-0.39, 0.29) is 5.75 Å². The molecule has 1 heterocycles. The highest BCUT2D eigenvalue weighted by Crippen LogP contribution is 2.40. The van der Waals surface area contributed by atoms with Crippen LogP contribution in [0.4, 0.5) is 4.39 Å². The van der Waals surface area contributed by atoms with E-state index in [4.69, 9.17) is 9.47 Å². The quantitative estimate of drug-likeness (QED) is 0.802. The highest BCUT2D eigenvalue weighted by Gasteiger charge is 2.21. The third-order valence-corrected chi connectivity index (χ3v) is 2.41. The molecule has 0 radical (unpaired) electrons. The summed E-state index contributed by atoms with van der Waals surface area (Å²) < 4.78 is 24.3. The number of phenolic OH excluding ortho intramolecular Hbond substituents is 1. The van der Waals surface area contributed by atoms with Gasteiger partial charge < -0.3 is 19.9 Å². The second-order valence-electron chi connectivity index (χ2n) is 3.59. The third-order valence-electron chi connectivity index (χ3n) is 2.41. The molecule has 0 saturated heterocycles. The number of ether oxygens (including phenoxy) is 2. The predicted molar refractivity (Wildman–Crippen MR) is 56.4 cm³/mol. The van der Waals surface area contributed by atoms with Crippen molar-refractivity contribution in [1.29, 1.82) is 0 Å². The van der Waals surface area contributed by atoms with Crippen molar-refractivity contribution in [2.75, 3.05) is 20.3 Å². The topological polar surface area (TPSA) is 50.7 Å². The van der Waals surface area contributed by atoms with Crippen LogP contribution in [0.5, 0.6) is 17.2 Å². The van der Waals surface area contributed by atoms with E-state index in [0.29, 0.717) is 36.8 Å². The van der Waals surface area contributed by atoms with Gasteiger partial charge in [0, 0.05) is 19.0 Å². The van der Waals surface area contributed by atoms with Crippen molar-refractivity contribution < 1.29 is 19.0 Å². The molecule has 0 bridgehead atoms. The molecule has 1 aliphatic rings. The minimum Gasteiger partial charge on any atom is -0.504 e. The third kappa shape index (κ3) is 1.90. The summed E-state index contributed by atoms with van der Waals surface area (Å²) in [6, 6.07) is 1.16. The summed E-state index contributed by atoms with van der Waals surface area (Å²) in [5.74, 6) is -0.267. The standard InChI is InChI=1S/C11H14FNO3/c1-13-6-7-10(14)8(12)5-9-11(7)16-4-2-3-15-9/h5,13-14H,2-4,6H2,1H3. The highest BCUT2D eigenvalue weighted by molar-refractivity contribution is 5.54. The minimum atomic E-state index is -0.686. The molecule has 16 heavy (non-hydrogen) atoms. The van der Waals surface area contributed by atoms with Crippen LogP contribution in [0.2, 0.25) is 0 Å². The fourth-order valence-corrected chi connectivity index (χ4v) is 1.67. The monoisotopic (exact) mass is 227 g/mol. The molecule has 0 spiro atoms. The van der Waals surface area contributed by atoms with Gasteiger partial charge in [-0.25, -0.2) is 4.39 Å². The lowest BCUT2D eigenvalue weighted by Gasteiger charge is -2.14. The number of rotatable bonds is 2. The SMILES string of the molecule is CNCc1c(O)c(F)cc2c1OCCCO2. The minimum absolute atomic E-state index is 0.329. The van der Waals surface area contributed by atoms with Crippen LogP contribution in [-0.4, -0.2) is 25.4 Å². The molecule has 1 aromatic carbocycles. The largest absolute Gasteiger partial charge is 0.504 e. The van der Waals surface area contributed by atoms with Gasteiger partial charge in [0.15, 0.2) is 23.1 Å². The number of fused-ring (bicyclic) bond motifs is 1. The fraction of sp³-hybridized carbons (Fsp3) is 0.455. The van der Waals surface area contributed by atoms with Crippen molar-refractivity contribution in [1.82, 2.24) is 5.32 Å². The second kappa shape index (κ2) is 4.57. The van der Waals surface area contributed by atoms with Crippen LogP contribution in [0.3, 0.4) is 0 Å². The van der Waals surface area contributed by atoms with E-state index in [1.165, 1.54) is 0 Å². The lowest BCUT2D eigenvalue weighted by Crippen LogP contribution is -2.08. The molecule has 0 aliphatic carbocycles. The zero-order valence-electron chi connectivity index (χ0n) is 9.05. The van der Waals surface area contributed by atoms with Crippen molar-refractivity contribution in [3.8, 4) is 17.2 Å². The first-order valence-corrected chi connectivity index (χ1v) is 5.18. The smallest absolute Gasteiger partial charge is 0.169 e. The molecule has 0 amide bonds. The number of halogens is 1. The lowest BCUT2D eigenvalue weighted by atomic mass is 10.1. The molecule has 88 valence electrons. The molecule has 0 saturated carbocycles. The van der Waals surface area contributed by atoms with E-state index in [0.717, 1.165) is 12.5 Å². The number of hydrogen-bond donors (Lipinski definition) is 2. The molecule has 2 N–H and O–H groups in total. The van der Waals surface area contributed by atoms with Gasteiger partial charge in [-0.05, 0) is 7.05 Å². The van der Waals surface area contributed by atoms with Gasteiger partial charge in [-0.2, -0.15) is 0 Å². The fourth-order valence-electron chi connectivity index (χ4n) is 1.67. The van der Waals surface area contributed by atoms with Gasteiger partial charge in [-0.1, -0.05) is 0 Å². The van der Waals surface area contributed by atoms with Gasteiger partial charge in [0.05, 0.1) is 18.8 Å². The first-order chi connectivity index (χ1) is 7.74. The summed E-state index contributed by atoms with van der Waals surface area (Å²) in [6.07, 6.45) is 0.746. The number of hydrogen-bond acceptors (Lipinski definition) is 4. The maximum atomic E-state index is 13.4. The van der Waals surface area contributed by atoms with E-state index < -0.39 is 5.82 Å². The summed E-state index contributed by atoms with van der Waals surface area (Å²) in [5, 5.41) is 12.5. The van der Waals surface area contributed by atoms with Crippen LogP contribution < -0.4 is 14.8 Å². The number of nitrogens with one attached hydrogen (secondary N) is 1. The second-order valence-corrected chi connectivity index (χ2v) is 3.59. The first-order valence-electron chi connectivity index (χ1n) is 5.18. The van der Waals surface area contributed by atoms with Gasteiger partial charge in [0.25, 0.3) is 0 Å². The van der Waals surface area contributed by atoms with E-state index in [1.54, 1.807) is 7.05 Å². The Morgan fingerprint density at radius 3 is 2.94 bits per heavy atom. The van der Waals surface area contributed by atoms with Crippen LogP contribution in [0.25, 0.3) is 0 Å². The molecule has 0 fully saturated rings. The first kappa shape index (κ1) is 11.0. The van der Waals surface area contributed by atoms with Crippen molar-refractivity contribution in [2.45, 2.75) is 13.0 Å². The van der Waals surface area contributed by atoms with E-state index in [1.807, 2.05) is 0 Å². The van der Waals surface area contributed by atoms with Crippen LogP contribution in [-0.2, 0) is 6.54 Å². The Balaban J connectivity index is 2.51. The zero-order valence-corrected chi connectivity index (χ0v) is 9.05. The van der Waals surface area contributed by atoms with Crippen LogP contribution in [0, 0.1) is 5.82 Å². The summed E-state index contributed by atoms with van der Waals surface area (Å²) >= 11 is 0. The summed E-state index contributed by atoms with van der Waals surface area (Å²) in [5.41, 5.74) is 0.402. The average Bonchev–Trinajstić information content (AvgIpc) is 2.50. The maximum Gasteiger partial charge on any atom is 0.169 e. The molecule has 4 nitrogen and oxygen atoms in total. The Hall–Kier alpha value is -1.49. The van der Waals surface area contributed by atoms with Crippen LogP contribution in [0.15, 0.2) is 6.07 Å². The van der Waals surface area contributed by atoms with Crippen molar-refractivity contribution in [2.24, 2.45) is 0 Å². The molecule has 1 aromatic rings. The molecule has 0 aromatic heterocycles. The van der Waals surface area contributed by atoms with Crippen molar-refractivity contribution >= 4 is 0 Å². The van der Waals surface area contributed by atoms with Crippen LogP contribution >= 0.6 is 0 Å².